The van der Waals surface area contributed by atoms with Crippen molar-refractivity contribution in [1.29, 1.82) is 0 Å². The number of rotatable bonds is 6. The maximum Gasteiger partial charge on any atom is 0.188 e. The molecule has 0 saturated carbocycles. The monoisotopic (exact) mass is 446 g/mol. The van der Waals surface area contributed by atoms with Gasteiger partial charge in [0.05, 0.1) is 12.7 Å². The van der Waals surface area contributed by atoms with Gasteiger partial charge in [0.1, 0.15) is 17.3 Å². The first-order valence-corrected chi connectivity index (χ1v) is 10.9. The Balaban J connectivity index is 1.72. The first-order valence-electron chi connectivity index (χ1n) is 10.9. The molecule has 3 aromatic carbocycles. The van der Waals surface area contributed by atoms with Gasteiger partial charge in [-0.1, -0.05) is 24.3 Å². The first-order chi connectivity index (χ1) is 16.0. The number of aromatic hydroxyl groups is 1. The SMILES string of the molecule is COc1ccccc1-c1ccc(N2CCN(C)CC2)c(C=CC(=O)c2ccc(O)cc2F)c1. The second-order valence-electron chi connectivity index (χ2n) is 8.13. The zero-order chi connectivity index (χ0) is 23.4. The molecule has 33 heavy (non-hydrogen) atoms. The minimum Gasteiger partial charge on any atom is -0.508 e. The average Bonchev–Trinajstić information content (AvgIpc) is 2.83. The standard InChI is InChI=1S/C27H27FN2O3/c1-29-13-15-30(16-14-29)25-11-7-19(22-5-3-4-6-27(22)33-2)17-20(25)8-12-26(32)23-10-9-21(31)18-24(23)28/h3-12,17-18,31H,13-16H2,1-2H3. The third-order valence-corrected chi connectivity index (χ3v) is 5.92. The van der Waals surface area contributed by atoms with Crippen molar-refractivity contribution in [2.45, 2.75) is 0 Å². The summed E-state index contributed by atoms with van der Waals surface area (Å²) in [6.45, 7) is 3.67. The summed E-state index contributed by atoms with van der Waals surface area (Å²) in [6.07, 6.45) is 3.12. The molecule has 0 spiro atoms. The van der Waals surface area contributed by atoms with Crippen molar-refractivity contribution in [2.75, 3.05) is 45.2 Å². The highest BCUT2D eigenvalue weighted by molar-refractivity contribution is 6.07. The van der Waals surface area contributed by atoms with Gasteiger partial charge in [0.25, 0.3) is 0 Å². The number of piperazine rings is 1. The van der Waals surface area contributed by atoms with Crippen molar-refractivity contribution in [3.63, 3.8) is 0 Å². The quantitative estimate of drug-likeness (QED) is 0.433. The van der Waals surface area contributed by atoms with Crippen LogP contribution in [0.25, 0.3) is 17.2 Å². The van der Waals surface area contributed by atoms with Gasteiger partial charge in [-0.15, -0.1) is 0 Å². The fourth-order valence-corrected chi connectivity index (χ4v) is 4.03. The predicted molar refractivity (Wildman–Crippen MR) is 130 cm³/mol. The summed E-state index contributed by atoms with van der Waals surface area (Å²) in [5.74, 6) is -0.650. The fourth-order valence-electron chi connectivity index (χ4n) is 4.03. The highest BCUT2D eigenvalue weighted by Gasteiger charge is 2.18. The van der Waals surface area contributed by atoms with Crippen molar-refractivity contribution in [3.05, 3.63) is 83.7 Å². The number of nitrogens with zero attached hydrogens (tertiary/aromatic N) is 2. The molecule has 6 heteroatoms. The Morgan fingerprint density at radius 3 is 2.52 bits per heavy atom. The van der Waals surface area contributed by atoms with Crippen molar-refractivity contribution in [1.82, 2.24) is 4.90 Å². The van der Waals surface area contributed by atoms with Crippen molar-refractivity contribution >= 4 is 17.5 Å². The molecular formula is C27H27FN2O3. The number of hydrogen-bond acceptors (Lipinski definition) is 5. The summed E-state index contributed by atoms with van der Waals surface area (Å²) < 4.78 is 19.7. The number of carbonyl (C=O) groups is 1. The molecule has 4 rings (SSSR count). The minimum absolute atomic E-state index is 0.0777. The minimum atomic E-state index is -0.744. The number of allylic oxidation sites excluding steroid dienone is 1. The van der Waals surface area contributed by atoms with Gasteiger partial charge in [-0.3, -0.25) is 4.79 Å². The molecule has 0 aromatic heterocycles. The molecule has 1 aliphatic rings. The third-order valence-electron chi connectivity index (χ3n) is 5.92. The molecule has 1 saturated heterocycles. The Morgan fingerprint density at radius 1 is 1.03 bits per heavy atom. The molecule has 0 atom stereocenters. The van der Waals surface area contributed by atoms with E-state index in [1.807, 2.05) is 30.3 Å². The third kappa shape index (κ3) is 5.07. The van der Waals surface area contributed by atoms with Gasteiger partial charge in [0.15, 0.2) is 5.78 Å². The highest BCUT2D eigenvalue weighted by Crippen LogP contribution is 2.34. The number of hydrogen-bond donors (Lipinski definition) is 1. The van der Waals surface area contributed by atoms with E-state index in [0.717, 1.165) is 60.4 Å². The molecule has 1 aliphatic heterocycles. The lowest BCUT2D eigenvalue weighted by atomic mass is 9.99. The molecule has 0 unspecified atom stereocenters. The van der Waals surface area contributed by atoms with Crippen LogP contribution in [0.1, 0.15) is 15.9 Å². The largest absolute Gasteiger partial charge is 0.508 e. The molecule has 0 radical (unpaired) electrons. The Hall–Kier alpha value is -3.64. The molecule has 0 aliphatic carbocycles. The number of methoxy groups -OCH3 is 1. The summed E-state index contributed by atoms with van der Waals surface area (Å²) in [6, 6.07) is 17.5. The molecule has 0 amide bonds. The van der Waals surface area contributed by atoms with Crippen molar-refractivity contribution in [2.24, 2.45) is 0 Å². The Kier molecular flexibility index (Phi) is 6.75. The zero-order valence-corrected chi connectivity index (χ0v) is 18.8. The lowest BCUT2D eigenvalue weighted by Gasteiger charge is -2.35. The number of halogens is 1. The van der Waals surface area contributed by atoms with Crippen molar-refractivity contribution in [3.8, 4) is 22.6 Å². The van der Waals surface area contributed by atoms with Gasteiger partial charge in [0, 0.05) is 43.5 Å². The number of ketones is 1. The number of phenols is 1. The second kappa shape index (κ2) is 9.88. The van der Waals surface area contributed by atoms with E-state index >= 15 is 0 Å². The molecule has 3 aromatic rings. The normalized spacial score (nSPS) is 14.6. The molecule has 5 nitrogen and oxygen atoms in total. The van der Waals surface area contributed by atoms with Gasteiger partial charge in [-0.25, -0.2) is 4.39 Å². The number of likely N-dealkylation sites (N-methyl/N-ethyl adjacent to an activating group) is 1. The highest BCUT2D eigenvalue weighted by atomic mass is 19.1. The van der Waals surface area contributed by atoms with E-state index in [-0.39, 0.29) is 11.3 Å². The number of phenolic OH excluding ortho intramolecular Hbond substituents is 1. The Labute approximate surface area is 193 Å². The maximum atomic E-state index is 14.2. The smallest absolute Gasteiger partial charge is 0.188 e. The molecule has 1 fully saturated rings. The predicted octanol–water partition coefficient (Wildman–Crippen LogP) is 4.85. The van der Waals surface area contributed by atoms with Crippen LogP contribution < -0.4 is 9.64 Å². The van der Waals surface area contributed by atoms with Crippen LogP contribution in [0.2, 0.25) is 0 Å². The number of anilines is 1. The van der Waals surface area contributed by atoms with Crippen molar-refractivity contribution < 1.29 is 19.0 Å². The van der Waals surface area contributed by atoms with Crippen LogP contribution in [-0.2, 0) is 0 Å². The van der Waals surface area contributed by atoms with E-state index in [9.17, 15) is 14.3 Å². The number of carbonyl (C=O) groups excluding carboxylic acids is 1. The molecule has 0 bridgehead atoms. The van der Waals surface area contributed by atoms with Crippen LogP contribution in [0.3, 0.4) is 0 Å². The molecule has 1 N–H and O–H groups in total. The van der Waals surface area contributed by atoms with Crippen LogP contribution >= 0.6 is 0 Å². The Bertz CT molecular complexity index is 1180. The average molecular weight is 447 g/mol. The first kappa shape index (κ1) is 22.6. The second-order valence-corrected chi connectivity index (χ2v) is 8.13. The van der Waals surface area contributed by atoms with Gasteiger partial charge in [-0.2, -0.15) is 0 Å². The van der Waals surface area contributed by atoms with Gasteiger partial charge in [-0.05, 0) is 60.7 Å². The molecule has 170 valence electrons. The van der Waals surface area contributed by atoms with Gasteiger partial charge >= 0.3 is 0 Å². The zero-order valence-electron chi connectivity index (χ0n) is 18.8. The topological polar surface area (TPSA) is 53.0 Å². The number of ether oxygens (including phenoxy) is 1. The van der Waals surface area contributed by atoms with Crippen LogP contribution in [0, 0.1) is 5.82 Å². The lowest BCUT2D eigenvalue weighted by molar-refractivity contribution is 0.104. The number of para-hydroxylation sites is 1. The summed E-state index contributed by atoms with van der Waals surface area (Å²) >= 11 is 0. The summed E-state index contributed by atoms with van der Waals surface area (Å²) in [5.41, 5.74) is 3.74. The van der Waals surface area contributed by atoms with Crippen LogP contribution in [0.15, 0.2) is 66.7 Å². The van der Waals surface area contributed by atoms with Crippen LogP contribution in [0.4, 0.5) is 10.1 Å². The van der Waals surface area contributed by atoms with E-state index in [0.29, 0.717) is 0 Å². The van der Waals surface area contributed by atoms with E-state index in [4.69, 9.17) is 4.74 Å². The van der Waals surface area contributed by atoms with E-state index in [2.05, 4.69) is 29.0 Å². The van der Waals surface area contributed by atoms with Gasteiger partial charge in [0.2, 0.25) is 0 Å². The molecule has 1 heterocycles. The van der Waals surface area contributed by atoms with Crippen LogP contribution in [-0.4, -0.2) is 56.1 Å². The lowest BCUT2D eigenvalue weighted by Crippen LogP contribution is -2.44. The maximum absolute atomic E-state index is 14.2. The fraction of sp³-hybridized carbons (Fsp3) is 0.222. The molecular weight excluding hydrogens is 419 g/mol. The summed E-state index contributed by atoms with van der Waals surface area (Å²) in [4.78, 5) is 17.3. The number of benzene rings is 3. The summed E-state index contributed by atoms with van der Waals surface area (Å²) in [5, 5.41) is 9.42. The van der Waals surface area contributed by atoms with Gasteiger partial charge < -0.3 is 19.6 Å². The van der Waals surface area contributed by atoms with E-state index < -0.39 is 11.6 Å². The summed E-state index contributed by atoms with van der Waals surface area (Å²) in [7, 11) is 3.75. The Morgan fingerprint density at radius 2 is 1.79 bits per heavy atom. The van der Waals surface area contributed by atoms with E-state index in [1.165, 1.54) is 18.2 Å². The van der Waals surface area contributed by atoms with Crippen LogP contribution in [0.5, 0.6) is 11.5 Å². The van der Waals surface area contributed by atoms with E-state index in [1.54, 1.807) is 13.2 Å².